The van der Waals surface area contributed by atoms with Crippen molar-refractivity contribution in [1.82, 2.24) is 20.3 Å². The van der Waals surface area contributed by atoms with Crippen LogP contribution in [0.15, 0.2) is 127 Å². The first-order valence-electron chi connectivity index (χ1n) is 16.4. The van der Waals surface area contributed by atoms with Crippen molar-refractivity contribution in [2.75, 3.05) is 5.75 Å². The van der Waals surface area contributed by atoms with Crippen LogP contribution in [-0.4, -0.2) is 48.9 Å². The summed E-state index contributed by atoms with van der Waals surface area (Å²) in [6.07, 6.45) is 2.35. The van der Waals surface area contributed by atoms with Crippen LogP contribution in [0.2, 0.25) is 0 Å². The molecular formula is C40H34N4O6S. The van der Waals surface area contributed by atoms with Gasteiger partial charge in [-0.15, -0.1) is 11.8 Å². The minimum absolute atomic E-state index is 0.0493. The predicted octanol–water partition coefficient (Wildman–Crippen LogP) is 7.15. The zero-order chi connectivity index (χ0) is 35.2. The molecule has 51 heavy (non-hydrogen) atoms. The van der Waals surface area contributed by atoms with Gasteiger partial charge in [-0.25, -0.2) is 14.8 Å². The highest BCUT2D eigenvalue weighted by Gasteiger charge is 2.33. The molecule has 0 unspecified atom stereocenters. The Morgan fingerprint density at radius 2 is 1.59 bits per heavy atom. The van der Waals surface area contributed by atoms with Gasteiger partial charge in [0.1, 0.15) is 10.7 Å². The summed E-state index contributed by atoms with van der Waals surface area (Å²) in [6, 6.07) is 34.2. The number of thioether (sulfide) groups is 1. The Labute approximate surface area is 298 Å². The van der Waals surface area contributed by atoms with Gasteiger partial charge in [0.25, 0.3) is 5.91 Å². The molecule has 1 saturated heterocycles. The fourth-order valence-corrected chi connectivity index (χ4v) is 6.93. The van der Waals surface area contributed by atoms with Crippen LogP contribution in [0.25, 0.3) is 22.2 Å². The number of aromatic carboxylic acids is 1. The third-order valence-electron chi connectivity index (χ3n) is 8.58. The molecule has 3 atom stereocenters. The molecule has 0 radical (unpaired) electrons. The summed E-state index contributed by atoms with van der Waals surface area (Å²) in [4.78, 5) is 37.8. The van der Waals surface area contributed by atoms with Crippen molar-refractivity contribution in [2.24, 2.45) is 0 Å². The van der Waals surface area contributed by atoms with Crippen LogP contribution in [0.1, 0.15) is 61.9 Å². The summed E-state index contributed by atoms with van der Waals surface area (Å²) >= 11 is 1.35. The molecule has 256 valence electrons. The molecule has 3 heterocycles. The molecule has 2 aromatic heterocycles. The fraction of sp³-hybridized carbons (Fsp3) is 0.175. The Hall–Kier alpha value is -5.46. The Balaban J connectivity index is 1.08. The molecule has 4 aromatic carbocycles. The largest absolute Gasteiger partial charge is 0.478 e. The first-order chi connectivity index (χ1) is 24.9. The minimum atomic E-state index is -1.03. The number of carbonyl (C=O) groups is 2. The highest BCUT2D eigenvalue weighted by atomic mass is 32.2. The topological polar surface area (TPSA) is 144 Å². The van der Waals surface area contributed by atoms with Gasteiger partial charge in [0.15, 0.2) is 6.29 Å². The number of aliphatic hydroxyl groups excluding tert-OH is 1. The number of carboxylic acid groups (broad SMARTS) is 1. The number of fused-ring (bicyclic) bond motifs is 1. The van der Waals surface area contributed by atoms with Crippen molar-refractivity contribution < 1.29 is 29.3 Å². The van der Waals surface area contributed by atoms with Crippen LogP contribution in [-0.2, 0) is 22.6 Å². The molecule has 1 fully saturated rings. The second-order valence-electron chi connectivity index (χ2n) is 12.1. The van der Waals surface area contributed by atoms with Gasteiger partial charge in [0.05, 0.1) is 41.6 Å². The first kappa shape index (κ1) is 34.0. The first-order valence-corrected chi connectivity index (χ1v) is 17.4. The van der Waals surface area contributed by atoms with E-state index in [9.17, 15) is 19.8 Å². The normalized spacial score (nSPS) is 17.2. The highest BCUT2D eigenvalue weighted by Crippen LogP contribution is 2.40. The van der Waals surface area contributed by atoms with E-state index in [-0.39, 0.29) is 36.0 Å². The van der Waals surface area contributed by atoms with Crippen molar-refractivity contribution in [3.8, 4) is 11.1 Å². The van der Waals surface area contributed by atoms with Crippen LogP contribution < -0.4 is 5.32 Å². The lowest BCUT2D eigenvalue weighted by Crippen LogP contribution is -2.31. The second-order valence-corrected chi connectivity index (χ2v) is 13.1. The number of aliphatic hydroxyl groups is 1. The van der Waals surface area contributed by atoms with Crippen LogP contribution in [0, 0.1) is 0 Å². The Bertz CT molecular complexity index is 2180. The molecule has 0 aliphatic carbocycles. The SMILES string of the molecule is O=C(NCc1cccc(-c2cccc([C@H]3O[C@@H](CSc4ncccc4C(=O)O)C[C@@H](c4ccc(CO)cc4)O3)c2)c1)c1cnc2ccccc2n1. The molecule has 7 rings (SSSR count). The van der Waals surface area contributed by atoms with Crippen molar-refractivity contribution in [3.63, 3.8) is 0 Å². The molecule has 3 N–H and O–H groups in total. The van der Waals surface area contributed by atoms with E-state index in [0.717, 1.165) is 38.9 Å². The summed E-state index contributed by atoms with van der Waals surface area (Å²) in [7, 11) is 0. The summed E-state index contributed by atoms with van der Waals surface area (Å²) in [5, 5.41) is 22.6. The second kappa shape index (κ2) is 15.6. The number of pyridine rings is 1. The zero-order valence-corrected chi connectivity index (χ0v) is 28.2. The minimum Gasteiger partial charge on any atom is -0.478 e. The molecule has 1 amide bonds. The predicted molar refractivity (Wildman–Crippen MR) is 193 cm³/mol. The van der Waals surface area contributed by atoms with E-state index in [1.165, 1.54) is 18.0 Å². The number of benzene rings is 4. The van der Waals surface area contributed by atoms with E-state index >= 15 is 0 Å². The molecule has 0 saturated carbocycles. The van der Waals surface area contributed by atoms with E-state index in [2.05, 4.69) is 20.3 Å². The molecule has 1 aliphatic rings. The van der Waals surface area contributed by atoms with Crippen LogP contribution >= 0.6 is 11.8 Å². The molecule has 6 aromatic rings. The van der Waals surface area contributed by atoms with E-state index in [4.69, 9.17) is 9.47 Å². The fourth-order valence-electron chi connectivity index (χ4n) is 5.93. The molecule has 0 spiro atoms. The number of rotatable bonds is 11. The van der Waals surface area contributed by atoms with E-state index < -0.39 is 12.3 Å². The number of aromatic nitrogens is 3. The van der Waals surface area contributed by atoms with Gasteiger partial charge in [-0.2, -0.15) is 0 Å². The van der Waals surface area contributed by atoms with Gasteiger partial charge >= 0.3 is 5.97 Å². The summed E-state index contributed by atoms with van der Waals surface area (Å²) in [5.41, 5.74) is 7.23. The molecular weight excluding hydrogens is 665 g/mol. The quantitative estimate of drug-likeness (QED) is 0.119. The van der Waals surface area contributed by atoms with Crippen LogP contribution in [0.3, 0.4) is 0 Å². The Morgan fingerprint density at radius 3 is 2.39 bits per heavy atom. The average molecular weight is 699 g/mol. The maximum Gasteiger partial charge on any atom is 0.338 e. The van der Waals surface area contributed by atoms with Gasteiger partial charge in [-0.05, 0) is 64.2 Å². The maximum absolute atomic E-state index is 12.9. The number of hydrogen-bond acceptors (Lipinski definition) is 9. The lowest BCUT2D eigenvalue weighted by molar-refractivity contribution is -0.245. The third-order valence-corrected chi connectivity index (χ3v) is 9.71. The number of carbonyl (C=O) groups excluding carboxylic acids is 1. The summed E-state index contributed by atoms with van der Waals surface area (Å²) in [5.74, 6) is -0.857. The monoisotopic (exact) mass is 698 g/mol. The smallest absolute Gasteiger partial charge is 0.338 e. The number of carboxylic acids is 1. The zero-order valence-electron chi connectivity index (χ0n) is 27.4. The van der Waals surface area contributed by atoms with Gasteiger partial charge in [0.2, 0.25) is 0 Å². The molecule has 10 nitrogen and oxygen atoms in total. The van der Waals surface area contributed by atoms with Crippen molar-refractivity contribution in [1.29, 1.82) is 0 Å². The van der Waals surface area contributed by atoms with Gasteiger partial charge in [-0.1, -0.05) is 72.8 Å². The number of ether oxygens (including phenoxy) is 2. The third kappa shape index (κ3) is 8.13. The number of nitrogens with one attached hydrogen (secondary N) is 1. The van der Waals surface area contributed by atoms with Crippen LogP contribution in [0.5, 0.6) is 0 Å². The number of amides is 1. The lowest BCUT2D eigenvalue weighted by Gasteiger charge is -2.36. The van der Waals surface area contributed by atoms with Gasteiger partial charge < -0.3 is 25.0 Å². The van der Waals surface area contributed by atoms with Crippen LogP contribution in [0.4, 0.5) is 0 Å². The van der Waals surface area contributed by atoms with Crippen molar-refractivity contribution in [2.45, 2.75) is 43.1 Å². The van der Waals surface area contributed by atoms with Gasteiger partial charge in [0, 0.05) is 30.5 Å². The summed E-state index contributed by atoms with van der Waals surface area (Å²) < 4.78 is 13.1. The number of hydrogen-bond donors (Lipinski definition) is 3. The number of nitrogens with zero attached hydrogens (tertiary/aromatic N) is 3. The van der Waals surface area contributed by atoms with E-state index in [1.54, 1.807) is 18.3 Å². The van der Waals surface area contributed by atoms with E-state index in [1.807, 2.05) is 97.1 Å². The molecule has 1 aliphatic heterocycles. The van der Waals surface area contributed by atoms with Crippen molar-refractivity contribution >= 4 is 34.7 Å². The average Bonchev–Trinajstić information content (AvgIpc) is 3.19. The summed E-state index contributed by atoms with van der Waals surface area (Å²) in [6.45, 7) is 0.262. The van der Waals surface area contributed by atoms with Crippen molar-refractivity contribution in [3.05, 3.63) is 155 Å². The highest BCUT2D eigenvalue weighted by molar-refractivity contribution is 7.99. The number of para-hydroxylation sites is 2. The standard InChI is InChI=1S/C40H34N4O6S/c45-23-25-13-15-27(16-14-25)36-20-31(24-51-38-32(39(47)48)10-5-17-41-38)49-40(50-36)30-9-4-8-29(19-30)28-7-3-6-26(18-28)21-43-37(46)35-22-42-33-11-1-2-12-34(33)44-35/h1-19,22,31,36,40,45H,20-21,23-24H2,(H,43,46)(H,47,48)/t31-,36+,40+/m1/s1. The lowest BCUT2D eigenvalue weighted by atomic mass is 9.99. The Morgan fingerprint density at radius 1 is 0.804 bits per heavy atom. The molecule has 11 heteroatoms. The molecule has 0 bridgehead atoms. The Kier molecular flexibility index (Phi) is 10.4. The maximum atomic E-state index is 12.9. The van der Waals surface area contributed by atoms with E-state index in [0.29, 0.717) is 29.3 Å². The van der Waals surface area contributed by atoms with Gasteiger partial charge in [-0.3, -0.25) is 9.78 Å².